The molecule has 1 atom stereocenters. The summed E-state index contributed by atoms with van der Waals surface area (Å²) in [5.41, 5.74) is 0.669. The lowest BCUT2D eigenvalue weighted by Crippen LogP contribution is -2.38. The van der Waals surface area contributed by atoms with Crippen molar-refractivity contribution in [1.29, 1.82) is 0 Å². The van der Waals surface area contributed by atoms with E-state index >= 15 is 0 Å². The number of hydrogen-bond donors (Lipinski definition) is 2. The molecule has 0 aliphatic heterocycles. The van der Waals surface area contributed by atoms with Gasteiger partial charge in [-0.25, -0.2) is 17.5 Å². The van der Waals surface area contributed by atoms with E-state index in [4.69, 9.17) is 0 Å². The van der Waals surface area contributed by atoms with Crippen molar-refractivity contribution in [1.82, 2.24) is 14.9 Å². The Morgan fingerprint density at radius 3 is 2.48 bits per heavy atom. The second-order valence-corrected chi connectivity index (χ2v) is 7.18. The van der Waals surface area contributed by atoms with Crippen molar-refractivity contribution in [2.24, 2.45) is 0 Å². The number of likely N-dealkylation sites (N-methyl/N-ethyl adjacent to an activating group) is 1. The first-order chi connectivity index (χ1) is 9.69. The summed E-state index contributed by atoms with van der Waals surface area (Å²) in [5.74, 6) is -0.370. The van der Waals surface area contributed by atoms with Crippen molar-refractivity contribution in [2.75, 3.05) is 27.7 Å². The molecule has 1 rings (SSSR count). The van der Waals surface area contributed by atoms with Crippen LogP contribution in [0.1, 0.15) is 18.1 Å². The standard InChI is InChI=1S/C14H24FN3O2S/c1-10-6-13(7-12(9-16-3)14(10)15)21(19,20)17-8-11(2)18(4)5/h6-7,11,16-17H,8-9H2,1-5H3. The average molecular weight is 317 g/mol. The monoisotopic (exact) mass is 317 g/mol. The molecule has 2 N–H and O–H groups in total. The molecule has 0 aliphatic rings. The van der Waals surface area contributed by atoms with E-state index in [2.05, 4.69) is 10.0 Å². The minimum absolute atomic E-state index is 0.0677. The predicted octanol–water partition coefficient (Wildman–Crippen LogP) is 1.08. The number of halogens is 1. The molecule has 0 bridgehead atoms. The van der Waals surface area contributed by atoms with Crippen LogP contribution in [0.15, 0.2) is 17.0 Å². The zero-order chi connectivity index (χ0) is 16.2. The summed E-state index contributed by atoms with van der Waals surface area (Å²) in [5, 5.41) is 2.83. The van der Waals surface area contributed by atoms with Crippen molar-refractivity contribution in [3.8, 4) is 0 Å². The summed E-state index contributed by atoms with van der Waals surface area (Å²) in [6.45, 7) is 4.07. The SMILES string of the molecule is CNCc1cc(S(=O)(=O)NCC(C)N(C)C)cc(C)c1F. The van der Waals surface area contributed by atoms with Gasteiger partial charge in [-0.2, -0.15) is 0 Å². The molecule has 21 heavy (non-hydrogen) atoms. The third kappa shape index (κ3) is 4.74. The molecule has 0 heterocycles. The van der Waals surface area contributed by atoms with Crippen molar-refractivity contribution in [3.05, 3.63) is 29.1 Å². The fourth-order valence-corrected chi connectivity index (χ4v) is 3.03. The molecule has 1 aromatic rings. The maximum atomic E-state index is 13.9. The Kier molecular flexibility index (Phi) is 6.27. The highest BCUT2D eigenvalue weighted by Gasteiger charge is 2.19. The van der Waals surface area contributed by atoms with Gasteiger partial charge >= 0.3 is 0 Å². The molecule has 0 aliphatic carbocycles. The summed E-state index contributed by atoms with van der Waals surface area (Å²) in [7, 11) is 1.81. The van der Waals surface area contributed by atoms with Crippen LogP contribution in [0, 0.1) is 12.7 Å². The van der Waals surface area contributed by atoms with E-state index in [0.29, 0.717) is 17.7 Å². The predicted molar refractivity (Wildman–Crippen MR) is 82.2 cm³/mol. The topological polar surface area (TPSA) is 61.4 Å². The van der Waals surface area contributed by atoms with Crippen LogP contribution in [0.25, 0.3) is 0 Å². The van der Waals surface area contributed by atoms with Gasteiger partial charge in [-0.3, -0.25) is 0 Å². The van der Waals surface area contributed by atoms with E-state index in [0.717, 1.165) is 0 Å². The Hall–Kier alpha value is -1.02. The summed E-state index contributed by atoms with van der Waals surface area (Å²) in [4.78, 5) is 2.02. The molecule has 0 saturated carbocycles. The Morgan fingerprint density at radius 1 is 1.33 bits per heavy atom. The molecule has 1 aromatic carbocycles. The Labute approximate surface area is 126 Å². The third-order valence-electron chi connectivity index (χ3n) is 3.43. The van der Waals surface area contributed by atoms with E-state index in [1.54, 1.807) is 14.0 Å². The fourth-order valence-electron chi connectivity index (χ4n) is 1.78. The molecule has 0 saturated heterocycles. The second kappa shape index (κ2) is 7.31. The normalized spacial score (nSPS) is 13.7. The van der Waals surface area contributed by atoms with E-state index in [1.807, 2.05) is 25.9 Å². The first kappa shape index (κ1) is 18.0. The summed E-state index contributed by atoms with van der Waals surface area (Å²) in [6, 6.07) is 2.80. The van der Waals surface area contributed by atoms with Crippen LogP contribution in [0.3, 0.4) is 0 Å². The van der Waals surface area contributed by atoms with Crippen molar-refractivity contribution >= 4 is 10.0 Å². The van der Waals surface area contributed by atoms with Crippen molar-refractivity contribution in [2.45, 2.75) is 31.3 Å². The number of aryl methyl sites for hydroxylation is 1. The van der Waals surface area contributed by atoms with Gasteiger partial charge in [0.15, 0.2) is 0 Å². The van der Waals surface area contributed by atoms with Gasteiger partial charge in [0.1, 0.15) is 5.82 Å². The smallest absolute Gasteiger partial charge is 0.240 e. The van der Waals surface area contributed by atoms with Crippen LogP contribution in [0.5, 0.6) is 0 Å². The minimum Gasteiger partial charge on any atom is -0.316 e. The van der Waals surface area contributed by atoms with Crippen LogP contribution in [0.2, 0.25) is 0 Å². The molecular weight excluding hydrogens is 293 g/mol. The molecule has 0 aromatic heterocycles. The molecule has 1 unspecified atom stereocenters. The van der Waals surface area contributed by atoms with Crippen LogP contribution in [-0.4, -0.2) is 47.0 Å². The van der Waals surface area contributed by atoms with Crippen LogP contribution >= 0.6 is 0 Å². The van der Waals surface area contributed by atoms with E-state index in [9.17, 15) is 12.8 Å². The number of rotatable bonds is 7. The molecule has 120 valence electrons. The number of sulfonamides is 1. The van der Waals surface area contributed by atoms with Gasteiger partial charge in [0, 0.05) is 24.7 Å². The first-order valence-electron chi connectivity index (χ1n) is 6.78. The Morgan fingerprint density at radius 2 is 1.95 bits per heavy atom. The molecule has 5 nitrogen and oxygen atoms in total. The molecule has 0 spiro atoms. The number of benzene rings is 1. The zero-order valence-electron chi connectivity index (χ0n) is 13.2. The largest absolute Gasteiger partial charge is 0.316 e. The zero-order valence-corrected chi connectivity index (χ0v) is 14.0. The maximum Gasteiger partial charge on any atom is 0.240 e. The maximum absolute atomic E-state index is 13.9. The minimum atomic E-state index is -3.64. The van der Waals surface area contributed by atoms with Gasteiger partial charge in [0.05, 0.1) is 4.90 Å². The van der Waals surface area contributed by atoms with E-state index in [1.165, 1.54) is 12.1 Å². The summed E-state index contributed by atoms with van der Waals surface area (Å²) < 4.78 is 41.1. The first-order valence-corrected chi connectivity index (χ1v) is 8.27. The number of nitrogens with zero attached hydrogens (tertiary/aromatic N) is 1. The highest BCUT2D eigenvalue weighted by Crippen LogP contribution is 2.19. The number of nitrogens with one attached hydrogen (secondary N) is 2. The molecule has 0 fully saturated rings. The van der Waals surface area contributed by atoms with Gasteiger partial charge in [-0.15, -0.1) is 0 Å². The van der Waals surface area contributed by atoms with E-state index in [-0.39, 0.29) is 23.3 Å². The van der Waals surface area contributed by atoms with Crippen LogP contribution in [0.4, 0.5) is 4.39 Å². The fraction of sp³-hybridized carbons (Fsp3) is 0.571. The lowest BCUT2D eigenvalue weighted by molar-refractivity contribution is 0.314. The summed E-state index contributed by atoms with van der Waals surface area (Å²) in [6.07, 6.45) is 0. The van der Waals surface area contributed by atoms with Gasteiger partial charge in [0.2, 0.25) is 10.0 Å². The van der Waals surface area contributed by atoms with Gasteiger partial charge in [0.25, 0.3) is 0 Å². The van der Waals surface area contributed by atoms with Crippen molar-refractivity contribution in [3.63, 3.8) is 0 Å². The Bertz CT molecular complexity index is 588. The second-order valence-electron chi connectivity index (χ2n) is 5.41. The van der Waals surface area contributed by atoms with Crippen LogP contribution in [-0.2, 0) is 16.6 Å². The highest BCUT2D eigenvalue weighted by molar-refractivity contribution is 7.89. The van der Waals surface area contributed by atoms with Gasteiger partial charge in [-0.05, 0) is 52.7 Å². The summed E-state index contributed by atoms with van der Waals surface area (Å²) >= 11 is 0. The van der Waals surface area contributed by atoms with E-state index < -0.39 is 10.0 Å². The number of hydrogen-bond acceptors (Lipinski definition) is 4. The lowest BCUT2D eigenvalue weighted by Gasteiger charge is -2.20. The van der Waals surface area contributed by atoms with Gasteiger partial charge in [-0.1, -0.05) is 0 Å². The molecule has 7 heteroatoms. The molecule has 0 radical (unpaired) electrons. The quantitative estimate of drug-likeness (QED) is 0.790. The van der Waals surface area contributed by atoms with Crippen LogP contribution < -0.4 is 10.0 Å². The average Bonchev–Trinajstić information content (AvgIpc) is 2.41. The third-order valence-corrected chi connectivity index (χ3v) is 4.83. The van der Waals surface area contributed by atoms with Gasteiger partial charge < -0.3 is 10.2 Å². The molecular formula is C14H24FN3O2S. The molecule has 0 amide bonds. The highest BCUT2D eigenvalue weighted by atomic mass is 32.2. The lowest BCUT2D eigenvalue weighted by atomic mass is 10.1. The van der Waals surface area contributed by atoms with Crippen molar-refractivity contribution < 1.29 is 12.8 Å². The Balaban J connectivity index is 3.03.